The van der Waals surface area contributed by atoms with Crippen LogP contribution < -0.4 is 5.32 Å². The third kappa shape index (κ3) is 3.05. The van der Waals surface area contributed by atoms with Crippen molar-refractivity contribution in [1.82, 2.24) is 15.2 Å². The molecule has 0 aliphatic carbocycles. The molecule has 2 aromatic heterocycles. The van der Waals surface area contributed by atoms with E-state index in [1.807, 2.05) is 13.0 Å². The summed E-state index contributed by atoms with van der Waals surface area (Å²) in [5, 5.41) is 5.47. The largest absolute Gasteiger partial charge is 0.440 e. The average molecular weight is 277 g/mol. The molecule has 1 aliphatic rings. The monoisotopic (exact) mass is 277 g/mol. The minimum atomic E-state index is 0.760. The molecule has 1 saturated heterocycles. The molecule has 0 saturated carbocycles. The zero-order valence-electron chi connectivity index (χ0n) is 11.2. The molecule has 0 aromatic carbocycles. The zero-order chi connectivity index (χ0) is 13.1. The van der Waals surface area contributed by atoms with Gasteiger partial charge in [0.05, 0.1) is 10.6 Å². The SMILES string of the molecule is Cc1oc(-c2cccs2)nc1CN1CCCNCC1. The number of hydrogen-bond acceptors (Lipinski definition) is 5. The summed E-state index contributed by atoms with van der Waals surface area (Å²) in [5.74, 6) is 1.70. The van der Waals surface area contributed by atoms with Crippen LogP contribution in [0.25, 0.3) is 10.8 Å². The van der Waals surface area contributed by atoms with Crippen LogP contribution in [0.15, 0.2) is 21.9 Å². The van der Waals surface area contributed by atoms with Crippen molar-refractivity contribution >= 4 is 11.3 Å². The molecule has 2 aromatic rings. The number of aryl methyl sites for hydroxylation is 1. The van der Waals surface area contributed by atoms with E-state index in [-0.39, 0.29) is 0 Å². The van der Waals surface area contributed by atoms with Gasteiger partial charge in [-0.25, -0.2) is 4.98 Å². The van der Waals surface area contributed by atoms with E-state index in [4.69, 9.17) is 4.42 Å². The molecule has 1 N–H and O–H groups in total. The van der Waals surface area contributed by atoms with Crippen LogP contribution in [0.1, 0.15) is 17.9 Å². The second-order valence-electron chi connectivity index (χ2n) is 4.88. The second-order valence-corrected chi connectivity index (χ2v) is 5.83. The van der Waals surface area contributed by atoms with Crippen molar-refractivity contribution in [2.75, 3.05) is 26.2 Å². The van der Waals surface area contributed by atoms with Crippen LogP contribution in [0, 0.1) is 6.92 Å². The summed E-state index contributed by atoms with van der Waals surface area (Å²) in [6.07, 6.45) is 1.20. The fourth-order valence-electron chi connectivity index (χ4n) is 2.35. The van der Waals surface area contributed by atoms with Crippen LogP contribution in [0.3, 0.4) is 0 Å². The minimum Gasteiger partial charge on any atom is -0.440 e. The molecule has 102 valence electrons. The van der Waals surface area contributed by atoms with Gasteiger partial charge in [0.25, 0.3) is 0 Å². The van der Waals surface area contributed by atoms with Crippen molar-refractivity contribution in [2.45, 2.75) is 19.9 Å². The highest BCUT2D eigenvalue weighted by atomic mass is 32.1. The zero-order valence-corrected chi connectivity index (χ0v) is 12.0. The second kappa shape index (κ2) is 5.86. The van der Waals surface area contributed by atoms with Crippen molar-refractivity contribution in [3.63, 3.8) is 0 Å². The van der Waals surface area contributed by atoms with E-state index in [0.29, 0.717) is 0 Å². The van der Waals surface area contributed by atoms with Crippen molar-refractivity contribution in [3.05, 3.63) is 29.0 Å². The molecular formula is C14H19N3OS. The summed E-state index contributed by atoms with van der Waals surface area (Å²) in [4.78, 5) is 8.21. The lowest BCUT2D eigenvalue weighted by molar-refractivity contribution is 0.280. The van der Waals surface area contributed by atoms with Crippen LogP contribution >= 0.6 is 11.3 Å². The highest BCUT2D eigenvalue weighted by Gasteiger charge is 2.16. The van der Waals surface area contributed by atoms with E-state index < -0.39 is 0 Å². The fourth-order valence-corrected chi connectivity index (χ4v) is 3.00. The Hall–Kier alpha value is -1.17. The Kier molecular flexibility index (Phi) is 3.96. The number of aromatic nitrogens is 1. The lowest BCUT2D eigenvalue weighted by Gasteiger charge is -2.17. The highest BCUT2D eigenvalue weighted by Crippen LogP contribution is 2.26. The molecule has 5 heteroatoms. The first kappa shape index (κ1) is 12.8. The summed E-state index contributed by atoms with van der Waals surface area (Å²) >= 11 is 1.67. The number of oxazole rings is 1. The summed E-state index contributed by atoms with van der Waals surface area (Å²) in [5.41, 5.74) is 1.07. The predicted octanol–water partition coefficient (Wildman–Crippen LogP) is 2.51. The molecule has 3 heterocycles. The third-order valence-corrected chi connectivity index (χ3v) is 4.29. The molecule has 4 nitrogen and oxygen atoms in total. The highest BCUT2D eigenvalue weighted by molar-refractivity contribution is 7.13. The lowest BCUT2D eigenvalue weighted by atomic mass is 10.3. The number of nitrogens with one attached hydrogen (secondary N) is 1. The van der Waals surface area contributed by atoms with E-state index in [9.17, 15) is 0 Å². The van der Waals surface area contributed by atoms with Crippen LogP contribution in [0.5, 0.6) is 0 Å². The molecule has 0 bridgehead atoms. The molecule has 19 heavy (non-hydrogen) atoms. The Bertz CT molecular complexity index is 513. The molecule has 0 atom stereocenters. The van der Waals surface area contributed by atoms with Gasteiger partial charge < -0.3 is 9.73 Å². The summed E-state index contributed by atoms with van der Waals surface area (Å²) < 4.78 is 5.79. The smallest absolute Gasteiger partial charge is 0.236 e. The summed E-state index contributed by atoms with van der Waals surface area (Å²) in [6, 6.07) is 4.08. The first-order valence-electron chi connectivity index (χ1n) is 6.76. The number of hydrogen-bond donors (Lipinski definition) is 1. The van der Waals surface area contributed by atoms with Gasteiger partial charge in [-0.2, -0.15) is 0 Å². The van der Waals surface area contributed by atoms with Crippen LogP contribution in [0.4, 0.5) is 0 Å². The van der Waals surface area contributed by atoms with E-state index >= 15 is 0 Å². The van der Waals surface area contributed by atoms with Gasteiger partial charge in [0.2, 0.25) is 5.89 Å². The minimum absolute atomic E-state index is 0.760. The molecule has 0 amide bonds. The predicted molar refractivity (Wildman–Crippen MR) is 77.3 cm³/mol. The van der Waals surface area contributed by atoms with Gasteiger partial charge in [-0.3, -0.25) is 4.90 Å². The van der Waals surface area contributed by atoms with E-state index in [0.717, 1.165) is 54.9 Å². The molecule has 3 rings (SSSR count). The van der Waals surface area contributed by atoms with Gasteiger partial charge in [-0.1, -0.05) is 6.07 Å². The Morgan fingerprint density at radius 3 is 3.21 bits per heavy atom. The molecule has 0 spiro atoms. The average Bonchev–Trinajstić information content (AvgIpc) is 2.96. The van der Waals surface area contributed by atoms with E-state index in [1.165, 1.54) is 6.42 Å². The quantitative estimate of drug-likeness (QED) is 0.936. The van der Waals surface area contributed by atoms with Gasteiger partial charge in [0, 0.05) is 19.6 Å². The Labute approximate surface area is 117 Å². The van der Waals surface area contributed by atoms with Crippen molar-refractivity contribution in [1.29, 1.82) is 0 Å². The maximum Gasteiger partial charge on any atom is 0.236 e. The number of nitrogens with zero attached hydrogens (tertiary/aromatic N) is 2. The number of thiophene rings is 1. The van der Waals surface area contributed by atoms with E-state index in [2.05, 4.69) is 26.6 Å². The van der Waals surface area contributed by atoms with Crippen LogP contribution in [0.2, 0.25) is 0 Å². The van der Waals surface area contributed by atoms with Gasteiger partial charge >= 0.3 is 0 Å². The normalized spacial score (nSPS) is 17.5. The van der Waals surface area contributed by atoms with Gasteiger partial charge in [-0.05, 0) is 37.9 Å². The summed E-state index contributed by atoms with van der Waals surface area (Å²) in [7, 11) is 0. The maximum atomic E-state index is 5.79. The maximum absolute atomic E-state index is 5.79. The Balaban J connectivity index is 1.74. The van der Waals surface area contributed by atoms with Gasteiger partial charge in [0.15, 0.2) is 0 Å². The first-order chi connectivity index (χ1) is 9.33. The number of rotatable bonds is 3. The third-order valence-electron chi connectivity index (χ3n) is 3.43. The lowest BCUT2D eigenvalue weighted by Crippen LogP contribution is -2.28. The van der Waals surface area contributed by atoms with Crippen LogP contribution in [-0.2, 0) is 6.54 Å². The molecule has 1 aliphatic heterocycles. The Morgan fingerprint density at radius 1 is 1.42 bits per heavy atom. The topological polar surface area (TPSA) is 41.3 Å². The molecule has 0 unspecified atom stereocenters. The molecule has 1 fully saturated rings. The van der Waals surface area contributed by atoms with Crippen molar-refractivity contribution < 1.29 is 4.42 Å². The fraction of sp³-hybridized carbons (Fsp3) is 0.500. The van der Waals surface area contributed by atoms with Gasteiger partial charge in [-0.15, -0.1) is 11.3 Å². The van der Waals surface area contributed by atoms with Crippen molar-refractivity contribution in [3.8, 4) is 10.8 Å². The molecule has 0 radical (unpaired) electrons. The summed E-state index contributed by atoms with van der Waals surface area (Å²) in [6.45, 7) is 7.30. The van der Waals surface area contributed by atoms with E-state index in [1.54, 1.807) is 11.3 Å². The standard InChI is InChI=1S/C14H19N3OS/c1-11-12(10-17-7-3-5-15-6-8-17)16-14(18-11)13-4-2-9-19-13/h2,4,9,15H,3,5-8,10H2,1H3. The first-order valence-corrected chi connectivity index (χ1v) is 7.64. The van der Waals surface area contributed by atoms with Crippen LogP contribution in [-0.4, -0.2) is 36.1 Å². The van der Waals surface area contributed by atoms with Gasteiger partial charge in [0.1, 0.15) is 5.76 Å². The van der Waals surface area contributed by atoms with Crippen molar-refractivity contribution in [2.24, 2.45) is 0 Å². The molecular weight excluding hydrogens is 258 g/mol. The Morgan fingerprint density at radius 2 is 2.37 bits per heavy atom.